The van der Waals surface area contributed by atoms with Crippen molar-refractivity contribution in [2.75, 3.05) is 12.0 Å². The molecule has 0 radical (unpaired) electrons. The fraction of sp³-hybridized carbons (Fsp3) is 0.158. The second-order valence-electron chi connectivity index (χ2n) is 5.60. The second-order valence-corrected chi connectivity index (χ2v) is 5.60. The van der Waals surface area contributed by atoms with Gasteiger partial charge in [0.15, 0.2) is 0 Å². The Labute approximate surface area is 135 Å². The predicted molar refractivity (Wildman–Crippen MR) is 93.8 cm³/mol. The summed E-state index contributed by atoms with van der Waals surface area (Å²) < 4.78 is 5.27. The fourth-order valence-corrected chi connectivity index (χ4v) is 2.87. The van der Waals surface area contributed by atoms with E-state index < -0.39 is 0 Å². The van der Waals surface area contributed by atoms with E-state index in [4.69, 9.17) is 4.74 Å². The number of aromatic nitrogens is 1. The van der Waals surface area contributed by atoms with Gasteiger partial charge in [-0.15, -0.1) is 0 Å². The van der Waals surface area contributed by atoms with Gasteiger partial charge in [0.25, 0.3) is 0 Å². The van der Waals surface area contributed by atoms with Crippen LogP contribution in [0.3, 0.4) is 0 Å². The van der Waals surface area contributed by atoms with Gasteiger partial charge < -0.3 is 9.64 Å². The molecule has 0 amide bonds. The molecule has 1 aromatic carbocycles. The van der Waals surface area contributed by atoms with E-state index in [0.29, 0.717) is 0 Å². The molecule has 114 valence electrons. The highest BCUT2D eigenvalue weighted by molar-refractivity contribution is 5.86. The smallest absolute Gasteiger partial charge is 0.137 e. The van der Waals surface area contributed by atoms with Gasteiger partial charge in [-0.2, -0.15) is 0 Å². The van der Waals surface area contributed by atoms with Gasteiger partial charge in [0.1, 0.15) is 11.6 Å². The number of allylic oxidation sites excluding steroid dienone is 4. The van der Waals surface area contributed by atoms with E-state index in [1.165, 1.54) is 5.57 Å². The molecule has 4 nitrogen and oxygen atoms in total. The summed E-state index contributed by atoms with van der Waals surface area (Å²) in [5.41, 5.74) is 2.44. The van der Waals surface area contributed by atoms with Crippen LogP contribution in [0, 0.1) is 0 Å². The number of hydrogen-bond acceptors (Lipinski definition) is 4. The Balaban J connectivity index is 1.79. The lowest BCUT2D eigenvalue weighted by atomic mass is 10.1. The van der Waals surface area contributed by atoms with Gasteiger partial charge in [-0.05, 0) is 54.2 Å². The Morgan fingerprint density at radius 1 is 1.13 bits per heavy atom. The van der Waals surface area contributed by atoms with Gasteiger partial charge in [0.05, 0.1) is 7.11 Å². The van der Waals surface area contributed by atoms with Crippen LogP contribution in [-0.2, 0) is 0 Å². The van der Waals surface area contributed by atoms with E-state index in [1.54, 1.807) is 7.11 Å². The standard InChI is InChI=1S/C19H17N3O/c1-23-18-5-3-15-11-19(21-12-16(15)10-18)22-9-7-14-2-4-17(22)13-20-8-6-14/h3,5-13H,2,4H2,1H3. The first-order valence-electron chi connectivity index (χ1n) is 7.66. The molecule has 0 N–H and O–H groups in total. The van der Waals surface area contributed by atoms with Crippen molar-refractivity contribution in [1.29, 1.82) is 0 Å². The summed E-state index contributed by atoms with van der Waals surface area (Å²) in [6.07, 6.45) is 13.9. The molecule has 0 fully saturated rings. The van der Waals surface area contributed by atoms with E-state index in [-0.39, 0.29) is 0 Å². The molecule has 0 unspecified atom stereocenters. The highest BCUT2D eigenvalue weighted by Gasteiger charge is 2.16. The van der Waals surface area contributed by atoms with Crippen molar-refractivity contribution in [1.82, 2.24) is 4.98 Å². The summed E-state index contributed by atoms with van der Waals surface area (Å²) in [5, 5.41) is 2.21. The summed E-state index contributed by atoms with van der Waals surface area (Å²) in [6, 6.07) is 8.13. The SMILES string of the molecule is COc1ccc2cc(N3C=CC4=CC=NC=C3CC4)ncc2c1. The van der Waals surface area contributed by atoms with Crippen molar-refractivity contribution in [3.8, 4) is 5.75 Å². The van der Waals surface area contributed by atoms with Crippen molar-refractivity contribution in [3.05, 3.63) is 66.3 Å². The average Bonchev–Trinajstić information content (AvgIpc) is 2.71. The number of fused-ring (bicyclic) bond motifs is 4. The molecule has 2 aliphatic heterocycles. The van der Waals surface area contributed by atoms with Crippen molar-refractivity contribution in [2.24, 2.45) is 4.99 Å². The molecule has 0 saturated carbocycles. The molecule has 3 heterocycles. The van der Waals surface area contributed by atoms with Gasteiger partial charge in [0, 0.05) is 35.9 Å². The molecule has 4 rings (SSSR count). The molecule has 0 atom stereocenters. The Kier molecular flexibility index (Phi) is 3.42. The normalized spacial score (nSPS) is 16.7. The maximum Gasteiger partial charge on any atom is 0.137 e. The summed E-state index contributed by atoms with van der Waals surface area (Å²) in [7, 11) is 1.68. The summed E-state index contributed by atoms with van der Waals surface area (Å²) in [4.78, 5) is 11.1. The van der Waals surface area contributed by atoms with Crippen LogP contribution < -0.4 is 9.64 Å². The lowest BCUT2D eigenvalue weighted by Crippen LogP contribution is -2.15. The summed E-state index contributed by atoms with van der Waals surface area (Å²) in [5.74, 6) is 1.75. The van der Waals surface area contributed by atoms with Crippen LogP contribution in [0.2, 0.25) is 0 Å². The minimum absolute atomic E-state index is 0.845. The Bertz CT molecular complexity index is 877. The third-order valence-electron chi connectivity index (χ3n) is 4.18. The van der Waals surface area contributed by atoms with E-state index in [1.807, 2.05) is 30.7 Å². The van der Waals surface area contributed by atoms with Crippen LogP contribution in [0.25, 0.3) is 10.8 Å². The molecule has 2 bridgehead atoms. The van der Waals surface area contributed by atoms with Gasteiger partial charge in [-0.3, -0.25) is 4.99 Å². The molecule has 0 aliphatic carbocycles. The largest absolute Gasteiger partial charge is 0.497 e. The van der Waals surface area contributed by atoms with Crippen LogP contribution in [0.5, 0.6) is 5.75 Å². The quantitative estimate of drug-likeness (QED) is 0.834. The van der Waals surface area contributed by atoms with Gasteiger partial charge in [-0.25, -0.2) is 4.98 Å². The number of aliphatic imine (C=N–C) groups is 1. The molecule has 23 heavy (non-hydrogen) atoms. The molecule has 2 aliphatic rings. The van der Waals surface area contributed by atoms with Crippen molar-refractivity contribution < 1.29 is 4.74 Å². The summed E-state index contributed by atoms with van der Waals surface area (Å²) in [6.45, 7) is 0. The van der Waals surface area contributed by atoms with Crippen LogP contribution in [-0.4, -0.2) is 18.3 Å². The lowest BCUT2D eigenvalue weighted by Gasteiger charge is -2.21. The number of nitrogens with zero attached hydrogens (tertiary/aromatic N) is 3. The Hall–Kier alpha value is -2.88. The number of rotatable bonds is 2. The van der Waals surface area contributed by atoms with E-state index in [9.17, 15) is 0 Å². The first-order chi connectivity index (χ1) is 11.3. The molecular weight excluding hydrogens is 286 g/mol. The maximum absolute atomic E-state index is 5.27. The third-order valence-corrected chi connectivity index (χ3v) is 4.18. The topological polar surface area (TPSA) is 37.7 Å². The molecule has 0 spiro atoms. The highest BCUT2D eigenvalue weighted by Crippen LogP contribution is 2.30. The molecule has 1 aromatic heterocycles. The first kappa shape index (κ1) is 13.8. The zero-order chi connectivity index (χ0) is 15.6. The number of pyridine rings is 1. The number of anilines is 1. The van der Waals surface area contributed by atoms with E-state index in [0.717, 1.165) is 40.9 Å². The number of ether oxygens (including phenoxy) is 1. The molecule has 0 saturated heterocycles. The Morgan fingerprint density at radius 2 is 2.09 bits per heavy atom. The average molecular weight is 303 g/mol. The van der Waals surface area contributed by atoms with E-state index in [2.05, 4.69) is 45.4 Å². The maximum atomic E-state index is 5.27. The first-order valence-corrected chi connectivity index (χ1v) is 7.66. The minimum atomic E-state index is 0.845. The van der Waals surface area contributed by atoms with Gasteiger partial charge in [0.2, 0.25) is 0 Å². The predicted octanol–water partition coefficient (Wildman–Crippen LogP) is 4.21. The number of hydrogen-bond donors (Lipinski definition) is 0. The zero-order valence-corrected chi connectivity index (χ0v) is 12.9. The summed E-state index contributed by atoms with van der Waals surface area (Å²) >= 11 is 0. The molecule has 2 aromatic rings. The number of benzene rings is 1. The zero-order valence-electron chi connectivity index (χ0n) is 12.9. The van der Waals surface area contributed by atoms with Crippen LogP contribution in [0.4, 0.5) is 5.82 Å². The second kappa shape index (κ2) is 5.72. The van der Waals surface area contributed by atoms with Crippen molar-refractivity contribution in [2.45, 2.75) is 12.8 Å². The minimum Gasteiger partial charge on any atom is -0.497 e. The van der Waals surface area contributed by atoms with Crippen molar-refractivity contribution >= 4 is 22.8 Å². The lowest BCUT2D eigenvalue weighted by molar-refractivity contribution is 0.415. The third kappa shape index (κ3) is 2.63. The van der Waals surface area contributed by atoms with Crippen molar-refractivity contribution in [3.63, 3.8) is 0 Å². The van der Waals surface area contributed by atoms with Crippen LogP contribution in [0.15, 0.2) is 71.3 Å². The van der Waals surface area contributed by atoms with E-state index >= 15 is 0 Å². The monoisotopic (exact) mass is 303 g/mol. The highest BCUT2D eigenvalue weighted by atomic mass is 16.5. The fourth-order valence-electron chi connectivity index (χ4n) is 2.87. The molecular formula is C19H17N3O. The van der Waals surface area contributed by atoms with Gasteiger partial charge in [-0.1, -0.05) is 6.07 Å². The van der Waals surface area contributed by atoms with Gasteiger partial charge >= 0.3 is 0 Å². The number of methoxy groups -OCH3 is 1. The van der Waals surface area contributed by atoms with Crippen LogP contribution in [0.1, 0.15) is 12.8 Å². The van der Waals surface area contributed by atoms with Crippen LogP contribution >= 0.6 is 0 Å². The molecule has 4 heteroatoms. The Morgan fingerprint density at radius 3 is 3.00 bits per heavy atom.